The SMILES string of the molecule is CC[C@H](C)[C@@H]([C@@H](CC(=O)N1CCC[C@H]1[C@H](OC)[C@@H](C)C(=O)C[C@H](C)C(=NNC(=O)CCCCCN1C(=O)C=CC1=O)c1ccccc1)OC)N(C)C(=O)[C@@H](CC(=O)[C@H](C(C)C)N(C)C)C(C)C. The maximum Gasteiger partial charge on any atom is 0.253 e. The quantitative estimate of drug-likeness (QED) is 0.0414. The topological polar surface area (TPSA) is 175 Å². The number of carbonyl (C=O) groups is 7. The fourth-order valence-corrected chi connectivity index (χ4v) is 10.0. The van der Waals surface area contributed by atoms with E-state index in [9.17, 15) is 33.6 Å². The van der Waals surface area contributed by atoms with Crippen molar-refractivity contribution in [3.63, 3.8) is 0 Å². The lowest BCUT2D eigenvalue weighted by Gasteiger charge is -2.41. The van der Waals surface area contributed by atoms with Gasteiger partial charge in [0.15, 0.2) is 5.78 Å². The summed E-state index contributed by atoms with van der Waals surface area (Å²) in [5.74, 6) is -2.71. The first-order valence-electron chi connectivity index (χ1n) is 24.5. The molecule has 0 aliphatic carbocycles. The number of nitrogens with zero attached hydrogens (tertiary/aromatic N) is 5. The van der Waals surface area contributed by atoms with E-state index in [2.05, 4.69) is 24.4 Å². The highest BCUT2D eigenvalue weighted by Crippen LogP contribution is 2.32. The van der Waals surface area contributed by atoms with E-state index in [0.29, 0.717) is 44.5 Å². The zero-order valence-electron chi connectivity index (χ0n) is 42.8. The third-order valence-electron chi connectivity index (χ3n) is 13.9. The molecule has 5 amide bonds. The van der Waals surface area contributed by atoms with Crippen molar-refractivity contribution in [2.45, 2.75) is 150 Å². The molecule has 0 radical (unpaired) electrons. The minimum Gasteiger partial charge on any atom is -0.379 e. The van der Waals surface area contributed by atoms with Crippen LogP contribution in [-0.2, 0) is 43.0 Å². The highest BCUT2D eigenvalue weighted by Gasteiger charge is 2.43. The lowest BCUT2D eigenvalue weighted by atomic mass is 9.83. The molecule has 0 spiro atoms. The van der Waals surface area contributed by atoms with Crippen molar-refractivity contribution in [2.75, 3.05) is 48.5 Å². The summed E-state index contributed by atoms with van der Waals surface area (Å²) < 4.78 is 12.2. The van der Waals surface area contributed by atoms with Crippen LogP contribution in [0.2, 0.25) is 0 Å². The van der Waals surface area contributed by atoms with Gasteiger partial charge in [-0.3, -0.25) is 43.4 Å². The van der Waals surface area contributed by atoms with Gasteiger partial charge < -0.3 is 19.3 Å². The second-order valence-electron chi connectivity index (χ2n) is 19.7. The molecule has 374 valence electrons. The lowest BCUT2D eigenvalue weighted by molar-refractivity contribution is -0.149. The maximum atomic E-state index is 14.4. The fraction of sp³-hybridized carbons (Fsp3) is 0.692. The van der Waals surface area contributed by atoms with E-state index in [4.69, 9.17) is 9.47 Å². The number of carbonyl (C=O) groups excluding carboxylic acids is 7. The largest absolute Gasteiger partial charge is 0.379 e. The van der Waals surface area contributed by atoms with Crippen LogP contribution in [0.4, 0.5) is 0 Å². The Hall–Kier alpha value is -4.60. The number of benzene rings is 1. The van der Waals surface area contributed by atoms with E-state index in [1.807, 2.05) is 95.8 Å². The van der Waals surface area contributed by atoms with Gasteiger partial charge in [-0.25, -0.2) is 5.43 Å². The van der Waals surface area contributed by atoms with Crippen LogP contribution in [-0.4, -0.2) is 145 Å². The van der Waals surface area contributed by atoms with Crippen molar-refractivity contribution in [3.05, 3.63) is 48.0 Å². The van der Waals surface area contributed by atoms with Crippen LogP contribution < -0.4 is 5.43 Å². The first-order chi connectivity index (χ1) is 31.7. The zero-order valence-corrected chi connectivity index (χ0v) is 42.8. The van der Waals surface area contributed by atoms with Crippen molar-refractivity contribution >= 4 is 46.8 Å². The summed E-state index contributed by atoms with van der Waals surface area (Å²) in [7, 11) is 8.70. The van der Waals surface area contributed by atoms with Crippen LogP contribution in [0.25, 0.3) is 0 Å². The second-order valence-corrected chi connectivity index (χ2v) is 19.7. The number of ether oxygens (including phenoxy) is 2. The number of likely N-dealkylation sites (N-methyl/N-ethyl adjacent to an activating group) is 2. The van der Waals surface area contributed by atoms with Gasteiger partial charge in [0.1, 0.15) is 5.78 Å². The molecule has 15 nitrogen and oxygen atoms in total. The first-order valence-corrected chi connectivity index (χ1v) is 24.5. The van der Waals surface area contributed by atoms with Gasteiger partial charge in [0.25, 0.3) is 11.8 Å². The number of nitrogens with one attached hydrogen (secondary N) is 1. The zero-order chi connectivity index (χ0) is 50.1. The van der Waals surface area contributed by atoms with Crippen molar-refractivity contribution < 1.29 is 43.0 Å². The highest BCUT2D eigenvalue weighted by atomic mass is 16.5. The number of hydrogen-bond donors (Lipinski definition) is 1. The number of unbranched alkanes of at least 4 members (excludes halogenated alkanes) is 2. The summed E-state index contributed by atoms with van der Waals surface area (Å²) in [6.07, 6.45) is 5.71. The molecule has 1 saturated heterocycles. The number of likely N-dealkylation sites (tertiary alicyclic amines) is 1. The van der Waals surface area contributed by atoms with Crippen LogP contribution in [0.15, 0.2) is 47.6 Å². The van der Waals surface area contributed by atoms with E-state index in [-0.39, 0.29) is 103 Å². The summed E-state index contributed by atoms with van der Waals surface area (Å²) in [6, 6.07) is 8.30. The maximum absolute atomic E-state index is 14.4. The Bertz CT molecular complexity index is 1860. The monoisotopic (exact) mass is 935 g/mol. The fourth-order valence-electron chi connectivity index (χ4n) is 10.0. The molecule has 3 rings (SSSR count). The van der Waals surface area contributed by atoms with E-state index < -0.39 is 30.1 Å². The second kappa shape index (κ2) is 27.4. The standard InChI is InChI=1S/C52H82N6O9/c1-14-35(6)50(56(11)52(65)39(33(2)3)31-42(60)49(34(4)5)55(9)10)43(66-12)32-47(64)57-29-21-24-40(57)51(67-13)37(8)41(59)30-36(7)48(38-22-17-15-18-23-38)54-53-44(61)25-19-16-20-28-58-45(62)26-27-46(58)63/h15,17-18,22-23,26-27,33-37,39-40,43,49-51H,14,16,19-21,24-25,28-32H2,1-13H3,(H,53,61)/t35-,36-,37-,39-,40-,43+,49-,50-,51+/m0/s1. The number of hydrazone groups is 1. The molecular weight excluding hydrogens is 853 g/mol. The van der Waals surface area contributed by atoms with Crippen molar-refractivity contribution in [2.24, 2.45) is 40.6 Å². The van der Waals surface area contributed by atoms with Gasteiger partial charge in [0, 0.05) is 83.5 Å². The lowest BCUT2D eigenvalue weighted by Crippen LogP contribution is -2.54. The van der Waals surface area contributed by atoms with E-state index in [1.165, 1.54) is 17.1 Å². The molecule has 0 bridgehead atoms. The molecule has 15 heteroatoms. The van der Waals surface area contributed by atoms with Gasteiger partial charge in [-0.05, 0) is 63.1 Å². The summed E-state index contributed by atoms with van der Waals surface area (Å²) in [5, 5.41) is 4.53. The first kappa shape index (κ1) is 56.7. The molecule has 0 saturated carbocycles. The minimum absolute atomic E-state index is 0.0190. The van der Waals surface area contributed by atoms with Crippen LogP contribution >= 0.6 is 0 Å². The third kappa shape index (κ3) is 15.7. The number of amides is 5. The molecule has 0 aromatic heterocycles. The molecule has 9 atom stereocenters. The Kier molecular flexibility index (Phi) is 23.2. The van der Waals surface area contributed by atoms with Gasteiger partial charge >= 0.3 is 0 Å². The predicted molar refractivity (Wildman–Crippen MR) is 261 cm³/mol. The predicted octanol–water partition coefficient (Wildman–Crippen LogP) is 6.33. The van der Waals surface area contributed by atoms with Crippen molar-refractivity contribution in [1.82, 2.24) is 25.0 Å². The number of Topliss-reactive ketones (excluding diaryl/α,β-unsaturated/α-hetero) is 2. The van der Waals surface area contributed by atoms with Crippen LogP contribution in [0.1, 0.15) is 125 Å². The molecule has 67 heavy (non-hydrogen) atoms. The molecule has 1 aromatic carbocycles. The Morgan fingerprint density at radius 3 is 2.01 bits per heavy atom. The Morgan fingerprint density at radius 1 is 0.821 bits per heavy atom. The molecule has 1 aromatic rings. The summed E-state index contributed by atoms with van der Waals surface area (Å²) >= 11 is 0. The van der Waals surface area contributed by atoms with E-state index in [0.717, 1.165) is 18.4 Å². The van der Waals surface area contributed by atoms with Crippen LogP contribution in [0, 0.1) is 35.5 Å². The van der Waals surface area contributed by atoms with Crippen molar-refractivity contribution in [1.29, 1.82) is 0 Å². The molecule has 1 fully saturated rings. The van der Waals surface area contributed by atoms with Gasteiger partial charge in [-0.1, -0.05) is 98.6 Å². The van der Waals surface area contributed by atoms with Crippen LogP contribution in [0.5, 0.6) is 0 Å². The number of ketones is 2. The molecule has 2 heterocycles. The number of hydrogen-bond acceptors (Lipinski definition) is 11. The molecule has 2 aliphatic rings. The summed E-state index contributed by atoms with van der Waals surface area (Å²) in [4.78, 5) is 99.8. The normalized spacial score (nSPS) is 19.1. The number of imide groups is 1. The van der Waals surface area contributed by atoms with Crippen LogP contribution in [0.3, 0.4) is 0 Å². The molecular formula is C52H82N6O9. The minimum atomic E-state index is -0.625. The Morgan fingerprint density at radius 2 is 1.46 bits per heavy atom. The molecule has 0 unspecified atom stereocenters. The van der Waals surface area contributed by atoms with E-state index >= 15 is 0 Å². The molecule has 2 aliphatic heterocycles. The summed E-state index contributed by atoms with van der Waals surface area (Å²) in [5.41, 5.74) is 4.01. The van der Waals surface area contributed by atoms with Gasteiger partial charge in [0.05, 0.1) is 42.5 Å². The third-order valence-corrected chi connectivity index (χ3v) is 13.9. The van der Waals surface area contributed by atoms with Crippen molar-refractivity contribution in [3.8, 4) is 0 Å². The Balaban J connectivity index is 1.72. The van der Waals surface area contributed by atoms with Gasteiger partial charge in [-0.2, -0.15) is 5.10 Å². The van der Waals surface area contributed by atoms with E-state index in [1.54, 1.807) is 26.2 Å². The number of methoxy groups -OCH3 is 2. The average molecular weight is 935 g/mol. The van der Waals surface area contributed by atoms with Gasteiger partial charge in [0.2, 0.25) is 17.7 Å². The average Bonchev–Trinajstić information content (AvgIpc) is 3.90. The molecule has 1 N–H and O–H groups in total. The number of rotatable bonds is 29. The Labute approximate surface area is 400 Å². The smallest absolute Gasteiger partial charge is 0.253 e. The van der Waals surface area contributed by atoms with Gasteiger partial charge in [-0.15, -0.1) is 0 Å². The highest BCUT2D eigenvalue weighted by molar-refractivity contribution is 6.12. The summed E-state index contributed by atoms with van der Waals surface area (Å²) in [6.45, 7) is 16.6.